The van der Waals surface area contributed by atoms with E-state index in [1.807, 2.05) is 24.3 Å². The molecule has 0 saturated heterocycles. The van der Waals surface area contributed by atoms with Crippen LogP contribution in [-0.2, 0) is 4.74 Å². The average molecular weight is 407 g/mol. The van der Waals surface area contributed by atoms with Crippen LogP contribution in [0, 0.1) is 0 Å². The van der Waals surface area contributed by atoms with E-state index >= 15 is 0 Å². The van der Waals surface area contributed by atoms with Crippen LogP contribution in [-0.4, -0.2) is 29.2 Å². The normalized spacial score (nSPS) is 12.6. The van der Waals surface area contributed by atoms with Crippen LogP contribution < -0.4 is 11.1 Å². The van der Waals surface area contributed by atoms with Crippen molar-refractivity contribution in [1.29, 1.82) is 0 Å². The van der Waals surface area contributed by atoms with Crippen LogP contribution in [0.3, 0.4) is 0 Å². The van der Waals surface area contributed by atoms with Gasteiger partial charge in [0, 0.05) is 12.5 Å². The second-order valence-electron chi connectivity index (χ2n) is 6.57. The summed E-state index contributed by atoms with van der Waals surface area (Å²) in [4.78, 5) is 19.9. The number of nitrogens with one attached hydrogen (secondary N) is 1. The Bertz CT molecular complexity index is 1020. The third-order valence-corrected chi connectivity index (χ3v) is 5.16. The SMILES string of the molecule is Nc1ncnc(Cl)c1C=CCNC(=O)OCC1c2ccccc2-c2ccccc21. The number of aromatic nitrogens is 2. The van der Waals surface area contributed by atoms with E-state index in [1.165, 1.54) is 28.6 Å². The minimum atomic E-state index is -0.486. The predicted octanol–water partition coefficient (Wildman–Crippen LogP) is 4.26. The second-order valence-corrected chi connectivity index (χ2v) is 6.93. The number of anilines is 1. The fraction of sp³-hybridized carbons (Fsp3) is 0.136. The first-order chi connectivity index (χ1) is 14.1. The molecular weight excluding hydrogens is 388 g/mol. The summed E-state index contributed by atoms with van der Waals surface area (Å²) in [5, 5.41) is 2.95. The molecule has 0 aliphatic heterocycles. The second kappa shape index (κ2) is 8.32. The lowest BCUT2D eigenvalue weighted by Crippen LogP contribution is -2.26. The number of nitrogen functional groups attached to an aromatic ring is 1. The molecule has 1 amide bonds. The number of ether oxygens (including phenoxy) is 1. The fourth-order valence-corrected chi connectivity index (χ4v) is 3.71. The van der Waals surface area contributed by atoms with E-state index < -0.39 is 6.09 Å². The molecule has 0 fully saturated rings. The molecule has 6 nitrogen and oxygen atoms in total. The Morgan fingerprint density at radius 2 is 1.76 bits per heavy atom. The quantitative estimate of drug-likeness (QED) is 0.618. The minimum absolute atomic E-state index is 0.0313. The van der Waals surface area contributed by atoms with E-state index in [4.69, 9.17) is 22.1 Å². The van der Waals surface area contributed by atoms with Crippen LogP contribution in [0.4, 0.5) is 10.6 Å². The number of hydrogen-bond acceptors (Lipinski definition) is 5. The number of carbonyl (C=O) groups excluding carboxylic acids is 1. The van der Waals surface area contributed by atoms with Gasteiger partial charge in [-0.2, -0.15) is 0 Å². The van der Waals surface area contributed by atoms with Gasteiger partial charge in [-0.25, -0.2) is 14.8 Å². The van der Waals surface area contributed by atoms with E-state index in [0.29, 0.717) is 5.56 Å². The van der Waals surface area contributed by atoms with E-state index in [0.717, 1.165) is 0 Å². The van der Waals surface area contributed by atoms with Gasteiger partial charge in [-0.3, -0.25) is 0 Å². The fourth-order valence-electron chi connectivity index (χ4n) is 3.51. The van der Waals surface area contributed by atoms with Gasteiger partial charge < -0.3 is 15.8 Å². The minimum Gasteiger partial charge on any atom is -0.449 e. The van der Waals surface area contributed by atoms with Gasteiger partial charge in [0.25, 0.3) is 0 Å². The molecule has 0 saturated carbocycles. The van der Waals surface area contributed by atoms with Crippen LogP contribution in [0.2, 0.25) is 5.15 Å². The standard InChI is InChI=1S/C22H19ClN4O2/c23-20-18(21(24)27-13-26-20)10-5-11-25-22(28)29-12-19-16-8-3-1-6-14(16)15-7-2-4-9-17(15)19/h1-10,13,19H,11-12H2,(H,25,28)(H2,24,26,27). The summed E-state index contributed by atoms with van der Waals surface area (Å²) >= 11 is 5.98. The number of benzene rings is 2. The Hall–Kier alpha value is -3.38. The van der Waals surface area contributed by atoms with E-state index in [2.05, 4.69) is 39.6 Å². The first-order valence-corrected chi connectivity index (χ1v) is 9.54. The van der Waals surface area contributed by atoms with E-state index in [-0.39, 0.29) is 30.0 Å². The van der Waals surface area contributed by atoms with Crippen molar-refractivity contribution in [2.45, 2.75) is 5.92 Å². The maximum Gasteiger partial charge on any atom is 0.407 e. The van der Waals surface area contributed by atoms with Crippen molar-refractivity contribution in [3.63, 3.8) is 0 Å². The molecule has 7 heteroatoms. The number of fused-ring (bicyclic) bond motifs is 3. The van der Waals surface area contributed by atoms with Crippen LogP contribution in [0.15, 0.2) is 60.9 Å². The highest BCUT2D eigenvalue weighted by Crippen LogP contribution is 2.44. The van der Waals surface area contributed by atoms with Crippen molar-refractivity contribution in [1.82, 2.24) is 15.3 Å². The summed E-state index contributed by atoms with van der Waals surface area (Å²) in [5.74, 6) is 0.311. The number of carbonyl (C=O) groups is 1. The van der Waals surface area contributed by atoms with Gasteiger partial charge in [0.15, 0.2) is 0 Å². The molecule has 3 N–H and O–H groups in total. The third kappa shape index (κ3) is 3.93. The first kappa shape index (κ1) is 19.0. The van der Waals surface area contributed by atoms with E-state index in [9.17, 15) is 4.79 Å². The highest BCUT2D eigenvalue weighted by molar-refractivity contribution is 6.31. The summed E-state index contributed by atoms with van der Waals surface area (Å²) < 4.78 is 5.48. The summed E-state index contributed by atoms with van der Waals surface area (Å²) in [6, 6.07) is 16.4. The summed E-state index contributed by atoms with van der Waals surface area (Å²) in [7, 11) is 0. The molecule has 3 aromatic rings. The van der Waals surface area contributed by atoms with Crippen molar-refractivity contribution in [2.75, 3.05) is 18.9 Å². The molecule has 0 bridgehead atoms. The number of alkyl carbamates (subject to hydrolysis) is 1. The molecule has 0 unspecified atom stereocenters. The lowest BCUT2D eigenvalue weighted by molar-refractivity contribution is 0.144. The van der Waals surface area contributed by atoms with Crippen LogP contribution in [0.25, 0.3) is 17.2 Å². The molecule has 0 spiro atoms. The molecule has 29 heavy (non-hydrogen) atoms. The van der Waals surface area contributed by atoms with Gasteiger partial charge >= 0.3 is 6.09 Å². The van der Waals surface area contributed by atoms with Crippen LogP contribution in [0.5, 0.6) is 0 Å². The topological polar surface area (TPSA) is 90.1 Å². The molecule has 4 rings (SSSR count). The third-order valence-electron chi connectivity index (χ3n) is 4.86. The molecule has 146 valence electrons. The zero-order valence-corrected chi connectivity index (χ0v) is 16.3. The smallest absolute Gasteiger partial charge is 0.407 e. The Morgan fingerprint density at radius 3 is 2.41 bits per heavy atom. The zero-order valence-electron chi connectivity index (χ0n) is 15.5. The van der Waals surface area contributed by atoms with Crippen molar-refractivity contribution < 1.29 is 9.53 Å². The van der Waals surface area contributed by atoms with E-state index in [1.54, 1.807) is 12.2 Å². The molecule has 1 aliphatic rings. The summed E-state index contributed by atoms with van der Waals surface area (Å²) in [5.41, 5.74) is 11.0. The molecule has 1 aliphatic carbocycles. The Labute approximate surface area is 173 Å². The number of halogens is 1. The van der Waals surface area contributed by atoms with Crippen molar-refractivity contribution >= 4 is 29.6 Å². The molecular formula is C22H19ClN4O2. The number of nitrogens with two attached hydrogens (primary N) is 1. The largest absolute Gasteiger partial charge is 0.449 e. The van der Waals surface area contributed by atoms with Gasteiger partial charge in [-0.1, -0.05) is 72.3 Å². The van der Waals surface area contributed by atoms with Gasteiger partial charge in [0.05, 0.1) is 5.56 Å². The van der Waals surface area contributed by atoms with Crippen molar-refractivity contribution in [3.05, 3.63) is 82.8 Å². The molecule has 1 aromatic heterocycles. The first-order valence-electron chi connectivity index (χ1n) is 9.16. The number of amides is 1. The Kier molecular flexibility index (Phi) is 5.44. The maximum absolute atomic E-state index is 12.1. The van der Waals surface area contributed by atoms with Crippen molar-refractivity contribution in [3.8, 4) is 11.1 Å². The summed E-state index contributed by atoms with van der Waals surface area (Å²) in [6.45, 7) is 0.538. The van der Waals surface area contributed by atoms with Gasteiger partial charge in [0.1, 0.15) is 23.9 Å². The van der Waals surface area contributed by atoms with Crippen molar-refractivity contribution in [2.24, 2.45) is 0 Å². The number of nitrogens with zero attached hydrogens (tertiary/aromatic N) is 2. The molecule has 0 radical (unpaired) electrons. The molecule has 2 aromatic carbocycles. The predicted molar refractivity (Wildman–Crippen MR) is 114 cm³/mol. The zero-order chi connectivity index (χ0) is 20.2. The molecule has 1 heterocycles. The lowest BCUT2D eigenvalue weighted by atomic mass is 9.98. The Balaban J connectivity index is 1.35. The number of hydrogen-bond donors (Lipinski definition) is 2. The highest BCUT2D eigenvalue weighted by Gasteiger charge is 2.28. The van der Waals surface area contributed by atoms with Gasteiger partial charge in [-0.05, 0) is 22.3 Å². The van der Waals surface area contributed by atoms with Gasteiger partial charge in [0.2, 0.25) is 0 Å². The highest BCUT2D eigenvalue weighted by atomic mass is 35.5. The number of rotatable bonds is 5. The van der Waals surface area contributed by atoms with Crippen LogP contribution >= 0.6 is 11.6 Å². The van der Waals surface area contributed by atoms with Gasteiger partial charge in [-0.15, -0.1) is 0 Å². The Morgan fingerprint density at radius 1 is 1.10 bits per heavy atom. The monoisotopic (exact) mass is 406 g/mol. The maximum atomic E-state index is 12.1. The summed E-state index contributed by atoms with van der Waals surface area (Å²) in [6.07, 6.45) is 4.19. The lowest BCUT2D eigenvalue weighted by Gasteiger charge is -2.14. The van der Waals surface area contributed by atoms with Crippen LogP contribution in [0.1, 0.15) is 22.6 Å². The average Bonchev–Trinajstić information content (AvgIpc) is 3.05. The molecule has 0 atom stereocenters.